The maximum absolute atomic E-state index is 3.44. The number of hydrogen-bond donors (Lipinski definition) is 1. The molecule has 1 heterocycles. The average molecular weight is 170 g/mol. The van der Waals surface area contributed by atoms with Crippen molar-refractivity contribution in [3.63, 3.8) is 0 Å². The van der Waals surface area contributed by atoms with Gasteiger partial charge in [0, 0.05) is 0 Å². The van der Waals surface area contributed by atoms with Gasteiger partial charge in [0.2, 0.25) is 0 Å². The summed E-state index contributed by atoms with van der Waals surface area (Å²) in [6, 6.07) is 0. The summed E-state index contributed by atoms with van der Waals surface area (Å²) in [7, 11) is 0. The molecule has 1 saturated heterocycles. The van der Waals surface area contributed by atoms with E-state index in [-0.39, 0.29) is 0 Å². The molecule has 1 rings (SSSR count). The summed E-state index contributed by atoms with van der Waals surface area (Å²) < 4.78 is 0. The van der Waals surface area contributed by atoms with Gasteiger partial charge in [0.1, 0.15) is 0 Å². The molecule has 0 spiro atoms. The van der Waals surface area contributed by atoms with E-state index in [1.165, 1.54) is 58.4 Å². The van der Waals surface area contributed by atoms with Gasteiger partial charge in [-0.3, -0.25) is 0 Å². The molecule has 72 valence electrons. The third-order valence-corrected chi connectivity index (χ3v) is 2.48. The van der Waals surface area contributed by atoms with Crippen molar-refractivity contribution in [2.45, 2.75) is 32.6 Å². The maximum Gasteiger partial charge on any atom is -0.000663 e. The van der Waals surface area contributed by atoms with E-state index in [1.807, 2.05) is 0 Å². The predicted octanol–water partition coefficient (Wildman–Crippen LogP) is 1.47. The van der Waals surface area contributed by atoms with Crippen LogP contribution >= 0.6 is 0 Å². The summed E-state index contributed by atoms with van der Waals surface area (Å²) in [4.78, 5) is 2.62. The Morgan fingerprint density at radius 2 is 1.83 bits per heavy atom. The zero-order valence-corrected chi connectivity index (χ0v) is 8.31. The molecule has 1 N–H and O–H groups in total. The van der Waals surface area contributed by atoms with Crippen LogP contribution in [0, 0.1) is 0 Å². The zero-order chi connectivity index (χ0) is 8.65. The second-order valence-electron chi connectivity index (χ2n) is 3.65. The van der Waals surface area contributed by atoms with Crippen molar-refractivity contribution in [1.29, 1.82) is 0 Å². The molecule has 1 fully saturated rings. The molecule has 0 saturated carbocycles. The van der Waals surface area contributed by atoms with Gasteiger partial charge in [0.15, 0.2) is 0 Å². The fourth-order valence-electron chi connectivity index (χ4n) is 1.70. The number of unbranched alkanes of at least 4 members (excludes halogenated alkanes) is 1. The summed E-state index contributed by atoms with van der Waals surface area (Å²) in [5.74, 6) is 0. The molecule has 0 bridgehead atoms. The highest BCUT2D eigenvalue weighted by Gasteiger charge is 2.05. The zero-order valence-electron chi connectivity index (χ0n) is 8.31. The second-order valence-corrected chi connectivity index (χ2v) is 3.65. The highest BCUT2D eigenvalue weighted by Crippen LogP contribution is 1.99. The Kier molecular flexibility index (Phi) is 5.37. The fourth-order valence-corrected chi connectivity index (χ4v) is 1.70. The molecule has 0 aromatic heterocycles. The lowest BCUT2D eigenvalue weighted by Crippen LogP contribution is -2.34. The number of nitrogens with one attached hydrogen (secondary N) is 1. The SMILES string of the molecule is CCCCN1CCCNCCC1. The van der Waals surface area contributed by atoms with E-state index < -0.39 is 0 Å². The van der Waals surface area contributed by atoms with Crippen LogP contribution in [-0.4, -0.2) is 37.6 Å². The molecule has 0 atom stereocenters. The smallest absolute Gasteiger partial charge is 0.000663 e. The third kappa shape index (κ3) is 4.07. The van der Waals surface area contributed by atoms with Crippen LogP contribution < -0.4 is 5.32 Å². The molecule has 1 aliphatic rings. The quantitative estimate of drug-likeness (QED) is 0.690. The van der Waals surface area contributed by atoms with Crippen molar-refractivity contribution >= 4 is 0 Å². The molecule has 1 aliphatic heterocycles. The molecule has 2 nitrogen and oxygen atoms in total. The van der Waals surface area contributed by atoms with Gasteiger partial charge < -0.3 is 10.2 Å². The molecule has 0 aromatic rings. The average Bonchev–Trinajstić information content (AvgIpc) is 2.02. The molecule has 0 amide bonds. The Balaban J connectivity index is 2.11. The minimum Gasteiger partial charge on any atom is -0.317 e. The summed E-state index contributed by atoms with van der Waals surface area (Å²) in [6.07, 6.45) is 5.34. The fraction of sp³-hybridized carbons (Fsp3) is 1.00. The van der Waals surface area contributed by atoms with Crippen molar-refractivity contribution in [3.8, 4) is 0 Å². The Morgan fingerprint density at radius 1 is 1.17 bits per heavy atom. The molecule has 12 heavy (non-hydrogen) atoms. The van der Waals surface area contributed by atoms with Gasteiger partial charge >= 0.3 is 0 Å². The van der Waals surface area contributed by atoms with Crippen LogP contribution in [0.15, 0.2) is 0 Å². The summed E-state index contributed by atoms with van der Waals surface area (Å²) in [5.41, 5.74) is 0. The standard InChI is InChI=1S/C10H22N2/c1-2-3-8-12-9-4-6-11-7-5-10-12/h11H,2-10H2,1H3. The van der Waals surface area contributed by atoms with E-state index in [0.717, 1.165) is 0 Å². The van der Waals surface area contributed by atoms with E-state index in [0.29, 0.717) is 0 Å². The van der Waals surface area contributed by atoms with E-state index in [9.17, 15) is 0 Å². The van der Waals surface area contributed by atoms with Gasteiger partial charge in [-0.05, 0) is 52.0 Å². The van der Waals surface area contributed by atoms with Crippen LogP contribution in [-0.2, 0) is 0 Å². The minimum atomic E-state index is 1.21. The monoisotopic (exact) mass is 170 g/mol. The molecule has 2 heteroatoms. The molecule has 0 aromatic carbocycles. The van der Waals surface area contributed by atoms with Crippen LogP contribution in [0.5, 0.6) is 0 Å². The first-order valence-electron chi connectivity index (χ1n) is 5.36. The van der Waals surface area contributed by atoms with Crippen molar-refractivity contribution < 1.29 is 0 Å². The van der Waals surface area contributed by atoms with E-state index in [1.54, 1.807) is 0 Å². The molecule has 0 aliphatic carbocycles. The Morgan fingerprint density at radius 3 is 2.42 bits per heavy atom. The van der Waals surface area contributed by atoms with E-state index in [2.05, 4.69) is 17.1 Å². The highest BCUT2D eigenvalue weighted by molar-refractivity contribution is 4.63. The first kappa shape index (κ1) is 10.0. The summed E-state index contributed by atoms with van der Waals surface area (Å²) >= 11 is 0. The summed E-state index contributed by atoms with van der Waals surface area (Å²) in [5, 5.41) is 3.44. The molecular formula is C10H22N2. The van der Waals surface area contributed by atoms with Crippen molar-refractivity contribution in [2.24, 2.45) is 0 Å². The molecule has 0 radical (unpaired) electrons. The lowest BCUT2D eigenvalue weighted by atomic mass is 10.2. The van der Waals surface area contributed by atoms with Crippen LogP contribution in [0.1, 0.15) is 32.6 Å². The first-order chi connectivity index (χ1) is 5.93. The number of nitrogens with zero attached hydrogens (tertiary/aromatic N) is 1. The largest absolute Gasteiger partial charge is 0.317 e. The van der Waals surface area contributed by atoms with E-state index >= 15 is 0 Å². The normalized spacial score (nSPS) is 21.8. The van der Waals surface area contributed by atoms with Crippen LogP contribution in [0.3, 0.4) is 0 Å². The Labute approximate surface area is 76.3 Å². The molecular weight excluding hydrogens is 148 g/mol. The topological polar surface area (TPSA) is 15.3 Å². The lowest BCUT2D eigenvalue weighted by molar-refractivity contribution is 0.249. The molecule has 0 unspecified atom stereocenters. The van der Waals surface area contributed by atoms with Crippen LogP contribution in [0.4, 0.5) is 0 Å². The lowest BCUT2D eigenvalue weighted by Gasteiger charge is -2.24. The minimum absolute atomic E-state index is 1.21. The van der Waals surface area contributed by atoms with Crippen molar-refractivity contribution in [3.05, 3.63) is 0 Å². The number of rotatable bonds is 3. The van der Waals surface area contributed by atoms with Crippen LogP contribution in [0.2, 0.25) is 0 Å². The Bertz CT molecular complexity index is 93.3. The second kappa shape index (κ2) is 6.44. The van der Waals surface area contributed by atoms with Gasteiger partial charge in [0.05, 0.1) is 0 Å². The predicted molar refractivity (Wildman–Crippen MR) is 53.5 cm³/mol. The van der Waals surface area contributed by atoms with Crippen molar-refractivity contribution in [2.75, 3.05) is 32.7 Å². The van der Waals surface area contributed by atoms with Crippen LogP contribution in [0.25, 0.3) is 0 Å². The van der Waals surface area contributed by atoms with Gasteiger partial charge in [-0.25, -0.2) is 0 Å². The van der Waals surface area contributed by atoms with E-state index in [4.69, 9.17) is 0 Å². The third-order valence-electron chi connectivity index (χ3n) is 2.48. The first-order valence-corrected chi connectivity index (χ1v) is 5.36. The summed E-state index contributed by atoms with van der Waals surface area (Å²) in [6.45, 7) is 8.60. The number of hydrogen-bond acceptors (Lipinski definition) is 2. The van der Waals surface area contributed by atoms with Gasteiger partial charge in [-0.15, -0.1) is 0 Å². The highest BCUT2D eigenvalue weighted by atomic mass is 15.1. The van der Waals surface area contributed by atoms with Gasteiger partial charge in [-0.2, -0.15) is 0 Å². The van der Waals surface area contributed by atoms with Gasteiger partial charge in [-0.1, -0.05) is 13.3 Å². The maximum atomic E-state index is 3.44. The Hall–Kier alpha value is -0.0800. The van der Waals surface area contributed by atoms with Crippen molar-refractivity contribution in [1.82, 2.24) is 10.2 Å². The van der Waals surface area contributed by atoms with Gasteiger partial charge in [0.25, 0.3) is 0 Å².